The molecule has 0 N–H and O–H groups in total. The van der Waals surface area contributed by atoms with Gasteiger partial charge in [-0.05, 0) is 66.3 Å². The fourth-order valence-electron chi connectivity index (χ4n) is 6.75. The summed E-state index contributed by atoms with van der Waals surface area (Å²) in [6.07, 6.45) is 1.56. The Balaban J connectivity index is 1.22. The highest BCUT2D eigenvalue weighted by molar-refractivity contribution is 9.10. The van der Waals surface area contributed by atoms with Gasteiger partial charge in [-0.2, -0.15) is 4.31 Å². The van der Waals surface area contributed by atoms with E-state index in [4.69, 9.17) is 4.74 Å². The van der Waals surface area contributed by atoms with Crippen molar-refractivity contribution < 1.29 is 27.5 Å². The maximum atomic E-state index is 14.0. The molecule has 4 heterocycles. The Labute approximate surface area is 263 Å². The Morgan fingerprint density at radius 3 is 2.59 bits per heavy atom. The van der Waals surface area contributed by atoms with Gasteiger partial charge < -0.3 is 19.1 Å². The third kappa shape index (κ3) is 5.80. The van der Waals surface area contributed by atoms with Crippen molar-refractivity contribution in [1.29, 1.82) is 0 Å². The molecular formula is C31H33BrN4O7S. The number of hydrogen-bond acceptors (Lipinski definition) is 7. The minimum Gasteiger partial charge on any atom is -0.468 e. The lowest BCUT2D eigenvalue weighted by Crippen LogP contribution is -2.58. The lowest BCUT2D eigenvalue weighted by atomic mass is 9.83. The summed E-state index contributed by atoms with van der Waals surface area (Å²) in [6.45, 7) is 0.967. The van der Waals surface area contributed by atoms with Crippen LogP contribution in [0.5, 0.6) is 0 Å². The Morgan fingerprint density at radius 1 is 1.02 bits per heavy atom. The minimum absolute atomic E-state index is 0.0360. The van der Waals surface area contributed by atoms with Crippen LogP contribution in [-0.4, -0.2) is 90.7 Å². The second-order valence-electron chi connectivity index (χ2n) is 11.7. The SMILES string of the molecule is COC(=O)CN([C@H]1CCCN(CC(=O)N2C[C@H]3C[C@@H](C2)c2cccc(=O)n2C3)C1=O)S(=O)(=O)c1ccc2cc(Br)ccc2c1. The number of piperidine rings is 2. The molecule has 11 nitrogen and oxygen atoms in total. The number of likely N-dealkylation sites (tertiary alicyclic amines) is 2. The monoisotopic (exact) mass is 684 g/mol. The van der Waals surface area contributed by atoms with Crippen molar-refractivity contribution in [3.63, 3.8) is 0 Å². The van der Waals surface area contributed by atoms with Crippen molar-refractivity contribution in [3.05, 3.63) is 75.1 Å². The molecule has 6 rings (SSSR count). The number of hydrogen-bond donors (Lipinski definition) is 0. The number of esters is 1. The molecule has 13 heteroatoms. The van der Waals surface area contributed by atoms with Crippen LogP contribution in [0.2, 0.25) is 0 Å². The van der Waals surface area contributed by atoms with Crippen molar-refractivity contribution in [3.8, 4) is 0 Å². The first kappa shape index (κ1) is 30.5. The number of sulfonamides is 1. The molecule has 3 aromatic rings. The molecule has 3 atom stereocenters. The second kappa shape index (κ2) is 12.1. The van der Waals surface area contributed by atoms with Crippen LogP contribution in [0.4, 0.5) is 0 Å². The number of pyridine rings is 1. The van der Waals surface area contributed by atoms with Crippen LogP contribution >= 0.6 is 15.9 Å². The number of benzene rings is 2. The second-order valence-corrected chi connectivity index (χ2v) is 14.5. The molecule has 2 aromatic carbocycles. The smallest absolute Gasteiger partial charge is 0.321 e. The van der Waals surface area contributed by atoms with E-state index in [-0.39, 0.29) is 41.2 Å². The molecule has 44 heavy (non-hydrogen) atoms. The first-order valence-electron chi connectivity index (χ1n) is 14.6. The Morgan fingerprint density at radius 2 is 1.80 bits per heavy atom. The van der Waals surface area contributed by atoms with Crippen LogP contribution < -0.4 is 5.56 Å². The van der Waals surface area contributed by atoms with Gasteiger partial charge >= 0.3 is 5.97 Å². The maximum absolute atomic E-state index is 14.0. The van der Waals surface area contributed by atoms with E-state index in [1.165, 1.54) is 17.0 Å². The van der Waals surface area contributed by atoms with Gasteiger partial charge in [-0.3, -0.25) is 19.2 Å². The van der Waals surface area contributed by atoms with Crippen molar-refractivity contribution in [2.75, 3.05) is 39.8 Å². The Bertz CT molecular complexity index is 1810. The standard InChI is InChI=1S/C31H33BrN4O7S/c1-43-30(39)19-36(44(41,42)25-10-8-21-13-24(32)9-7-22(21)14-25)27-5-3-11-33(31(27)40)18-29(38)34-15-20-12-23(17-34)26-4-2-6-28(37)35(26)16-20/h2,4,6-10,13-14,20,23,27H,3,5,11-12,15-19H2,1H3/t20-,23+,27+/m1/s1. The van der Waals surface area contributed by atoms with Gasteiger partial charge in [0.1, 0.15) is 12.6 Å². The molecule has 3 aliphatic rings. The van der Waals surface area contributed by atoms with Crippen LogP contribution in [0.1, 0.15) is 30.9 Å². The number of carbonyl (C=O) groups excluding carboxylic acids is 3. The number of ether oxygens (including phenoxy) is 1. The van der Waals surface area contributed by atoms with Crippen LogP contribution in [0, 0.1) is 5.92 Å². The highest BCUT2D eigenvalue weighted by Crippen LogP contribution is 2.35. The van der Waals surface area contributed by atoms with Gasteiger partial charge in [0, 0.05) is 48.3 Å². The predicted molar refractivity (Wildman–Crippen MR) is 165 cm³/mol. The first-order chi connectivity index (χ1) is 21.0. The van der Waals surface area contributed by atoms with Crippen molar-refractivity contribution in [2.45, 2.75) is 42.7 Å². The molecular weight excluding hydrogens is 652 g/mol. The number of fused-ring (bicyclic) bond motifs is 5. The zero-order valence-electron chi connectivity index (χ0n) is 24.2. The topological polar surface area (TPSA) is 126 Å². The lowest BCUT2D eigenvalue weighted by molar-refractivity contribution is -0.148. The summed E-state index contributed by atoms with van der Waals surface area (Å²) in [6, 6.07) is 14.2. The van der Waals surface area contributed by atoms with Crippen LogP contribution in [0.25, 0.3) is 10.8 Å². The fraction of sp³-hybridized carbons (Fsp3) is 0.419. The van der Waals surface area contributed by atoms with Crippen molar-refractivity contribution in [2.24, 2.45) is 5.92 Å². The molecule has 2 bridgehead atoms. The summed E-state index contributed by atoms with van der Waals surface area (Å²) in [5.41, 5.74) is 0.885. The van der Waals surface area contributed by atoms with Gasteiger partial charge in [0.25, 0.3) is 5.56 Å². The molecule has 3 aliphatic heterocycles. The molecule has 0 aliphatic carbocycles. The van der Waals surface area contributed by atoms with E-state index in [1.54, 1.807) is 39.8 Å². The van der Waals surface area contributed by atoms with Gasteiger partial charge in [-0.1, -0.05) is 34.1 Å². The molecule has 0 radical (unpaired) electrons. The van der Waals surface area contributed by atoms with E-state index >= 15 is 0 Å². The molecule has 2 amide bonds. The summed E-state index contributed by atoms with van der Waals surface area (Å²) >= 11 is 3.42. The molecule has 2 saturated heterocycles. The molecule has 232 valence electrons. The van der Waals surface area contributed by atoms with E-state index < -0.39 is 34.5 Å². The van der Waals surface area contributed by atoms with Gasteiger partial charge in [0.15, 0.2) is 0 Å². The average Bonchev–Trinajstić information content (AvgIpc) is 3.01. The number of nitrogens with zero attached hydrogens (tertiary/aromatic N) is 4. The zero-order valence-corrected chi connectivity index (χ0v) is 26.6. The normalized spacial score (nSPS) is 21.8. The number of aromatic nitrogens is 1. The van der Waals surface area contributed by atoms with E-state index in [0.717, 1.165) is 33.4 Å². The van der Waals surface area contributed by atoms with E-state index in [1.807, 2.05) is 12.1 Å². The molecule has 0 unspecified atom stereocenters. The summed E-state index contributed by atoms with van der Waals surface area (Å²) in [4.78, 5) is 55.3. The quantitative estimate of drug-likeness (QED) is 0.350. The maximum Gasteiger partial charge on any atom is 0.321 e. The third-order valence-corrected chi connectivity index (χ3v) is 11.2. The minimum atomic E-state index is -4.30. The fourth-order valence-corrected chi connectivity index (χ4v) is 8.72. The largest absolute Gasteiger partial charge is 0.468 e. The highest BCUT2D eigenvalue weighted by atomic mass is 79.9. The lowest BCUT2D eigenvalue weighted by Gasteiger charge is -2.43. The Kier molecular flexibility index (Phi) is 8.38. The van der Waals surface area contributed by atoms with Gasteiger partial charge in [0.05, 0.1) is 18.6 Å². The predicted octanol–water partition coefficient (Wildman–Crippen LogP) is 2.56. The third-order valence-electron chi connectivity index (χ3n) is 8.90. The van der Waals surface area contributed by atoms with Gasteiger partial charge in [0.2, 0.25) is 21.8 Å². The Hall–Kier alpha value is -3.55. The number of carbonyl (C=O) groups is 3. The number of rotatable bonds is 7. The summed E-state index contributed by atoms with van der Waals surface area (Å²) in [5, 5.41) is 1.52. The first-order valence-corrected chi connectivity index (χ1v) is 16.8. The van der Waals surface area contributed by atoms with Crippen LogP contribution in [0.3, 0.4) is 0 Å². The van der Waals surface area contributed by atoms with Gasteiger partial charge in [-0.25, -0.2) is 8.42 Å². The summed E-state index contributed by atoms with van der Waals surface area (Å²) in [5.74, 6) is -1.36. The van der Waals surface area contributed by atoms with Crippen LogP contribution in [-0.2, 0) is 35.7 Å². The van der Waals surface area contributed by atoms with Crippen LogP contribution in [0.15, 0.2) is 68.8 Å². The van der Waals surface area contributed by atoms with E-state index in [0.29, 0.717) is 38.0 Å². The summed E-state index contributed by atoms with van der Waals surface area (Å²) in [7, 11) is -3.14. The highest BCUT2D eigenvalue weighted by Gasteiger charge is 2.43. The molecule has 2 fully saturated rings. The number of halogens is 1. The van der Waals surface area contributed by atoms with Crippen molar-refractivity contribution >= 4 is 54.5 Å². The number of amides is 2. The van der Waals surface area contributed by atoms with Crippen molar-refractivity contribution in [1.82, 2.24) is 18.7 Å². The number of methoxy groups -OCH3 is 1. The molecule has 1 aromatic heterocycles. The molecule has 0 saturated carbocycles. The van der Waals surface area contributed by atoms with E-state index in [9.17, 15) is 27.6 Å². The summed E-state index contributed by atoms with van der Waals surface area (Å²) < 4.78 is 36.3. The average molecular weight is 686 g/mol. The van der Waals surface area contributed by atoms with Gasteiger partial charge in [-0.15, -0.1) is 0 Å². The van der Waals surface area contributed by atoms with E-state index in [2.05, 4.69) is 15.9 Å². The zero-order chi connectivity index (χ0) is 31.2. The molecule has 0 spiro atoms.